The van der Waals surface area contributed by atoms with Crippen molar-refractivity contribution in [3.05, 3.63) is 47.2 Å². The van der Waals surface area contributed by atoms with Gasteiger partial charge in [-0.05, 0) is 48.6 Å². The number of nitrogen functional groups attached to an aromatic ring is 2. The van der Waals surface area contributed by atoms with Crippen molar-refractivity contribution in [1.29, 1.82) is 0 Å². The Kier molecular flexibility index (Phi) is 3.61. The van der Waals surface area contributed by atoms with Gasteiger partial charge in [0.05, 0.1) is 22.9 Å². The van der Waals surface area contributed by atoms with E-state index in [0.29, 0.717) is 28.5 Å². The van der Waals surface area contributed by atoms with Crippen LogP contribution < -0.4 is 16.8 Å². The van der Waals surface area contributed by atoms with E-state index in [9.17, 15) is 0 Å². The van der Waals surface area contributed by atoms with Crippen LogP contribution in [0.3, 0.4) is 0 Å². The van der Waals surface area contributed by atoms with E-state index >= 15 is 0 Å². The van der Waals surface area contributed by atoms with Crippen LogP contribution in [0.4, 0.5) is 17.3 Å². The average molecular weight is 341 g/mol. The van der Waals surface area contributed by atoms with Crippen LogP contribution in [-0.2, 0) is 0 Å². The van der Waals surface area contributed by atoms with Gasteiger partial charge < -0.3 is 16.8 Å². The Hall–Kier alpha value is -2.60. The molecule has 0 amide bonds. The standard InChI is InChI=1S/C17H17ClN6/c18-10-1-2-13-14(7-10)24-15(8-22-13)23-11-5-9(6-11)12-3-4-21-17(20)16(12)19/h1-4,7-9,11H,5-6,19H2,(H2,20,21)(H,23,24)/t9-,11-. The van der Waals surface area contributed by atoms with Gasteiger partial charge >= 0.3 is 0 Å². The fourth-order valence-corrected chi connectivity index (χ4v) is 3.28. The van der Waals surface area contributed by atoms with Crippen LogP contribution >= 0.6 is 11.6 Å². The Morgan fingerprint density at radius 3 is 2.75 bits per heavy atom. The molecule has 122 valence electrons. The van der Waals surface area contributed by atoms with Crippen LogP contribution in [0.15, 0.2) is 36.7 Å². The molecule has 1 aliphatic carbocycles. The summed E-state index contributed by atoms with van der Waals surface area (Å²) in [6, 6.07) is 7.79. The zero-order chi connectivity index (χ0) is 16.7. The van der Waals surface area contributed by atoms with Gasteiger partial charge in [-0.25, -0.2) is 9.97 Å². The number of pyridine rings is 1. The molecule has 0 atom stereocenters. The molecule has 2 aromatic heterocycles. The zero-order valence-corrected chi connectivity index (χ0v) is 13.7. The van der Waals surface area contributed by atoms with Gasteiger partial charge in [-0.1, -0.05) is 11.6 Å². The number of aromatic nitrogens is 3. The molecule has 2 heterocycles. The lowest BCUT2D eigenvalue weighted by atomic mass is 9.75. The SMILES string of the molecule is Nc1nccc([C@H]2C[C@H](Nc3cnc4ccc(Cl)cc4n3)C2)c1N. The van der Waals surface area contributed by atoms with Crippen LogP contribution in [0.5, 0.6) is 0 Å². The number of halogens is 1. The van der Waals surface area contributed by atoms with Crippen LogP contribution in [-0.4, -0.2) is 21.0 Å². The molecule has 1 fully saturated rings. The maximum atomic E-state index is 6.02. The Labute approximate surface area is 144 Å². The van der Waals surface area contributed by atoms with Crippen LogP contribution in [0, 0.1) is 0 Å². The van der Waals surface area contributed by atoms with E-state index in [1.54, 1.807) is 12.4 Å². The number of nitrogens with one attached hydrogen (secondary N) is 1. The van der Waals surface area contributed by atoms with Gasteiger partial charge in [-0.2, -0.15) is 0 Å². The quantitative estimate of drug-likeness (QED) is 0.676. The normalized spacial score (nSPS) is 19.9. The highest BCUT2D eigenvalue weighted by molar-refractivity contribution is 6.31. The molecule has 0 bridgehead atoms. The topological polar surface area (TPSA) is 103 Å². The second-order valence-electron chi connectivity index (χ2n) is 6.10. The number of hydrogen-bond donors (Lipinski definition) is 3. The van der Waals surface area contributed by atoms with E-state index in [1.165, 1.54) is 0 Å². The second-order valence-corrected chi connectivity index (χ2v) is 6.53. The molecule has 1 aliphatic rings. The number of fused-ring (bicyclic) bond motifs is 1. The number of nitrogens with zero attached hydrogens (tertiary/aromatic N) is 3. The number of anilines is 3. The minimum atomic E-state index is 0.342. The molecule has 5 N–H and O–H groups in total. The summed E-state index contributed by atoms with van der Waals surface area (Å²) in [6.07, 6.45) is 5.41. The summed E-state index contributed by atoms with van der Waals surface area (Å²) in [6.45, 7) is 0. The van der Waals surface area contributed by atoms with Gasteiger partial charge in [0, 0.05) is 17.3 Å². The van der Waals surface area contributed by atoms with E-state index < -0.39 is 0 Å². The first kappa shape index (κ1) is 15.0. The first-order valence-corrected chi connectivity index (χ1v) is 8.16. The van der Waals surface area contributed by atoms with Gasteiger partial charge in [0.25, 0.3) is 0 Å². The van der Waals surface area contributed by atoms with Crippen molar-refractivity contribution in [2.24, 2.45) is 0 Å². The smallest absolute Gasteiger partial charge is 0.146 e. The molecule has 7 heteroatoms. The highest BCUT2D eigenvalue weighted by Gasteiger charge is 2.32. The summed E-state index contributed by atoms with van der Waals surface area (Å²) >= 11 is 6.01. The van der Waals surface area contributed by atoms with Gasteiger partial charge in [-0.3, -0.25) is 4.98 Å². The average Bonchev–Trinajstić information content (AvgIpc) is 2.53. The third-order valence-electron chi connectivity index (χ3n) is 4.49. The van der Waals surface area contributed by atoms with Crippen LogP contribution in [0.1, 0.15) is 24.3 Å². The number of rotatable bonds is 3. The van der Waals surface area contributed by atoms with Crippen LogP contribution in [0.25, 0.3) is 11.0 Å². The number of hydrogen-bond acceptors (Lipinski definition) is 6. The third kappa shape index (κ3) is 2.69. The largest absolute Gasteiger partial charge is 0.396 e. The van der Waals surface area contributed by atoms with Gasteiger partial charge in [0.2, 0.25) is 0 Å². The second kappa shape index (κ2) is 5.79. The predicted octanol–water partition coefficient (Wildman–Crippen LogP) is 3.20. The molecule has 3 aromatic rings. The monoisotopic (exact) mass is 340 g/mol. The number of benzene rings is 1. The first-order valence-electron chi connectivity index (χ1n) is 7.79. The summed E-state index contributed by atoms with van der Waals surface area (Å²) in [7, 11) is 0. The van der Waals surface area contributed by atoms with Crippen molar-refractivity contribution in [1.82, 2.24) is 15.0 Å². The Bertz CT molecular complexity index is 907. The fourth-order valence-electron chi connectivity index (χ4n) is 3.11. The van der Waals surface area contributed by atoms with Gasteiger partial charge in [0.15, 0.2) is 0 Å². The molecule has 0 saturated heterocycles. The molecule has 1 aromatic carbocycles. The summed E-state index contributed by atoms with van der Waals surface area (Å²) < 4.78 is 0. The maximum Gasteiger partial charge on any atom is 0.146 e. The molecule has 1 saturated carbocycles. The van der Waals surface area contributed by atoms with E-state index in [2.05, 4.69) is 20.3 Å². The van der Waals surface area contributed by atoms with Crippen molar-refractivity contribution >= 4 is 40.0 Å². The Balaban J connectivity index is 1.45. The molecule has 0 unspecified atom stereocenters. The third-order valence-corrected chi connectivity index (χ3v) is 4.72. The Morgan fingerprint density at radius 2 is 1.92 bits per heavy atom. The van der Waals surface area contributed by atoms with Crippen LogP contribution in [0.2, 0.25) is 5.02 Å². The fraction of sp³-hybridized carbons (Fsp3) is 0.235. The molecular weight excluding hydrogens is 324 g/mol. The van der Waals surface area contributed by atoms with Gasteiger partial charge in [-0.15, -0.1) is 0 Å². The zero-order valence-electron chi connectivity index (χ0n) is 12.9. The van der Waals surface area contributed by atoms with E-state index in [4.69, 9.17) is 23.1 Å². The highest BCUT2D eigenvalue weighted by Crippen LogP contribution is 2.41. The maximum absolute atomic E-state index is 6.02. The Morgan fingerprint density at radius 1 is 1.08 bits per heavy atom. The lowest BCUT2D eigenvalue weighted by molar-refractivity contribution is 0.374. The lowest BCUT2D eigenvalue weighted by Gasteiger charge is -2.37. The summed E-state index contributed by atoms with van der Waals surface area (Å²) in [4.78, 5) is 13.0. The summed E-state index contributed by atoms with van der Waals surface area (Å²) in [5.74, 6) is 1.56. The molecule has 24 heavy (non-hydrogen) atoms. The van der Waals surface area contributed by atoms with E-state index in [0.717, 1.165) is 35.3 Å². The molecule has 0 radical (unpaired) electrons. The minimum absolute atomic E-state index is 0.342. The lowest BCUT2D eigenvalue weighted by Crippen LogP contribution is -2.34. The first-order chi connectivity index (χ1) is 11.6. The molecule has 4 rings (SSSR count). The highest BCUT2D eigenvalue weighted by atomic mass is 35.5. The molecule has 6 nitrogen and oxygen atoms in total. The van der Waals surface area contributed by atoms with Crippen molar-refractivity contribution in [3.8, 4) is 0 Å². The van der Waals surface area contributed by atoms with Crippen molar-refractivity contribution in [2.75, 3.05) is 16.8 Å². The molecular formula is C17H17ClN6. The summed E-state index contributed by atoms with van der Waals surface area (Å²) in [5.41, 5.74) is 15.1. The van der Waals surface area contributed by atoms with Crippen molar-refractivity contribution in [3.63, 3.8) is 0 Å². The predicted molar refractivity (Wildman–Crippen MR) is 97.0 cm³/mol. The van der Waals surface area contributed by atoms with Crippen molar-refractivity contribution in [2.45, 2.75) is 24.8 Å². The van der Waals surface area contributed by atoms with E-state index in [-0.39, 0.29) is 0 Å². The number of nitrogens with two attached hydrogens (primary N) is 2. The molecule has 0 aliphatic heterocycles. The summed E-state index contributed by atoms with van der Waals surface area (Å²) in [5, 5.41) is 4.08. The van der Waals surface area contributed by atoms with E-state index in [1.807, 2.05) is 24.3 Å². The van der Waals surface area contributed by atoms with Crippen molar-refractivity contribution < 1.29 is 0 Å². The minimum Gasteiger partial charge on any atom is -0.396 e. The molecule has 0 spiro atoms. The van der Waals surface area contributed by atoms with Gasteiger partial charge in [0.1, 0.15) is 11.6 Å².